The van der Waals surface area contributed by atoms with Crippen LogP contribution in [0, 0.1) is 5.82 Å². The molecule has 1 aromatic rings. The average Bonchev–Trinajstić information content (AvgIpc) is 3.15. The minimum Gasteiger partial charge on any atom is -0.505 e. The van der Waals surface area contributed by atoms with Crippen molar-refractivity contribution < 1.29 is 22.7 Å². The van der Waals surface area contributed by atoms with Gasteiger partial charge in [-0.1, -0.05) is 5.10 Å². The summed E-state index contributed by atoms with van der Waals surface area (Å²) >= 11 is 0. The molecule has 12 heteroatoms. The van der Waals surface area contributed by atoms with Gasteiger partial charge in [0.1, 0.15) is 0 Å². The van der Waals surface area contributed by atoms with Gasteiger partial charge in [-0.3, -0.25) is 4.79 Å². The number of benzene rings is 1. The summed E-state index contributed by atoms with van der Waals surface area (Å²) in [5.74, 6) is -0.774. The monoisotopic (exact) mass is 484 g/mol. The van der Waals surface area contributed by atoms with Crippen molar-refractivity contribution in [3.05, 3.63) is 24.0 Å². The maximum Gasteiger partial charge on any atom is 0.222 e. The van der Waals surface area contributed by atoms with Crippen LogP contribution in [-0.4, -0.2) is 72.7 Å². The smallest absolute Gasteiger partial charge is 0.222 e. The summed E-state index contributed by atoms with van der Waals surface area (Å²) in [6, 6.07) is 3.30. The molecule has 0 unspecified atom stereocenters. The lowest BCUT2D eigenvalue weighted by Gasteiger charge is -2.36. The Morgan fingerprint density at radius 3 is 2.33 bits per heavy atom. The standard InChI is InChI=1S/C14H26N6O.C7H7FO3S/c1-14(2,3)17-18-16-13(15)19-9-6-11(7-10-19)20-8-4-5-12(20)21;1-12(10,11)5-2-3-7(9)6(8)4-5/h11H,4-10H2,1-3H3,(H2,15,16,17);2-4,9H,1H3. The van der Waals surface area contributed by atoms with Crippen molar-refractivity contribution in [2.24, 2.45) is 21.2 Å². The van der Waals surface area contributed by atoms with Gasteiger partial charge in [0.15, 0.2) is 21.4 Å². The molecule has 0 aromatic heterocycles. The highest BCUT2D eigenvalue weighted by Crippen LogP contribution is 2.22. The molecule has 10 nitrogen and oxygen atoms in total. The van der Waals surface area contributed by atoms with Crippen molar-refractivity contribution in [3.63, 3.8) is 0 Å². The number of carbonyl (C=O) groups excluding carboxylic acids is 1. The lowest BCUT2D eigenvalue weighted by molar-refractivity contribution is -0.130. The Hall–Kier alpha value is -2.76. The Balaban J connectivity index is 0.000000273. The van der Waals surface area contributed by atoms with E-state index in [0.29, 0.717) is 24.3 Å². The maximum atomic E-state index is 12.6. The molecule has 3 rings (SSSR count). The number of hydrogen-bond acceptors (Lipinski definition) is 6. The molecule has 2 heterocycles. The largest absolute Gasteiger partial charge is 0.505 e. The van der Waals surface area contributed by atoms with Crippen molar-refractivity contribution in [1.29, 1.82) is 0 Å². The van der Waals surface area contributed by atoms with E-state index in [9.17, 15) is 17.6 Å². The Morgan fingerprint density at radius 1 is 1.21 bits per heavy atom. The zero-order chi connectivity index (χ0) is 24.8. The molecule has 2 saturated heterocycles. The van der Waals surface area contributed by atoms with Gasteiger partial charge in [-0.2, -0.15) is 5.11 Å². The maximum absolute atomic E-state index is 12.6. The highest BCUT2D eigenvalue weighted by atomic mass is 32.2. The van der Waals surface area contributed by atoms with Crippen LogP contribution in [0.15, 0.2) is 38.5 Å². The molecule has 2 aliphatic rings. The molecular weight excluding hydrogens is 451 g/mol. The number of likely N-dealkylation sites (tertiary alicyclic amines) is 2. The van der Waals surface area contributed by atoms with Crippen LogP contribution in [0.4, 0.5) is 4.39 Å². The van der Waals surface area contributed by atoms with Gasteiger partial charge in [0.25, 0.3) is 0 Å². The van der Waals surface area contributed by atoms with Crippen LogP contribution >= 0.6 is 0 Å². The summed E-state index contributed by atoms with van der Waals surface area (Å²) in [7, 11) is -3.39. The van der Waals surface area contributed by atoms with E-state index < -0.39 is 21.4 Å². The van der Waals surface area contributed by atoms with E-state index in [2.05, 4.69) is 15.4 Å². The fourth-order valence-electron chi connectivity index (χ4n) is 3.45. The van der Waals surface area contributed by atoms with Crippen molar-refractivity contribution in [2.75, 3.05) is 25.9 Å². The van der Waals surface area contributed by atoms with Gasteiger partial charge in [-0.05, 0) is 63.5 Å². The molecule has 2 aliphatic heterocycles. The number of carbonyl (C=O) groups is 1. The second-order valence-corrected chi connectivity index (χ2v) is 11.1. The number of phenolic OH excluding ortho intramolecular Hbond substituents is 1. The highest BCUT2D eigenvalue weighted by molar-refractivity contribution is 7.90. The zero-order valence-corrected chi connectivity index (χ0v) is 20.3. The van der Waals surface area contributed by atoms with E-state index in [0.717, 1.165) is 63.4 Å². The summed E-state index contributed by atoms with van der Waals surface area (Å²) < 4.78 is 34.3. The molecule has 0 radical (unpaired) electrons. The molecule has 3 N–H and O–H groups in total. The van der Waals surface area contributed by atoms with E-state index in [1.165, 1.54) is 0 Å². The van der Waals surface area contributed by atoms with Crippen LogP contribution in [0.3, 0.4) is 0 Å². The second kappa shape index (κ2) is 10.9. The summed E-state index contributed by atoms with van der Waals surface area (Å²) in [5.41, 5.74) is 5.70. The molecule has 2 fully saturated rings. The number of rotatable bonds is 3. The molecular formula is C21H33FN6O4S. The molecule has 0 bridgehead atoms. The number of sulfone groups is 1. The van der Waals surface area contributed by atoms with Gasteiger partial charge < -0.3 is 20.6 Å². The molecule has 184 valence electrons. The number of nitrogens with zero attached hydrogens (tertiary/aromatic N) is 5. The molecule has 33 heavy (non-hydrogen) atoms. The average molecular weight is 485 g/mol. The summed E-state index contributed by atoms with van der Waals surface area (Å²) in [5, 5.41) is 20.6. The van der Waals surface area contributed by atoms with E-state index in [-0.39, 0.29) is 10.4 Å². The van der Waals surface area contributed by atoms with Crippen LogP contribution in [0.2, 0.25) is 0 Å². The Labute approximate surface area is 194 Å². The normalized spacial score (nSPS) is 18.6. The fraction of sp³-hybridized carbons (Fsp3) is 0.619. The van der Waals surface area contributed by atoms with E-state index >= 15 is 0 Å². The molecule has 0 atom stereocenters. The quantitative estimate of drug-likeness (QED) is 0.292. The molecule has 1 aromatic carbocycles. The van der Waals surface area contributed by atoms with Gasteiger partial charge in [0, 0.05) is 38.4 Å². The van der Waals surface area contributed by atoms with Crippen LogP contribution in [-0.2, 0) is 14.6 Å². The number of aromatic hydroxyl groups is 1. The first-order valence-corrected chi connectivity index (χ1v) is 12.7. The number of phenols is 1. The minimum atomic E-state index is -3.39. The number of halogens is 1. The summed E-state index contributed by atoms with van der Waals surface area (Å²) in [6.07, 6.45) is 4.56. The Kier molecular flexibility index (Phi) is 8.76. The molecule has 0 spiro atoms. The van der Waals surface area contributed by atoms with Crippen LogP contribution in [0.1, 0.15) is 46.5 Å². The predicted molar refractivity (Wildman–Crippen MR) is 123 cm³/mol. The number of piperidine rings is 1. The summed E-state index contributed by atoms with van der Waals surface area (Å²) in [6.45, 7) is 8.42. The zero-order valence-electron chi connectivity index (χ0n) is 19.5. The lowest BCUT2D eigenvalue weighted by Crippen LogP contribution is -2.49. The molecule has 0 saturated carbocycles. The Morgan fingerprint density at radius 2 is 1.85 bits per heavy atom. The third kappa shape index (κ3) is 8.26. The first-order chi connectivity index (χ1) is 15.3. The lowest BCUT2D eigenvalue weighted by atomic mass is 10.0. The van der Waals surface area contributed by atoms with Crippen molar-refractivity contribution >= 4 is 21.7 Å². The summed E-state index contributed by atoms with van der Waals surface area (Å²) in [4.78, 5) is 15.7. The highest BCUT2D eigenvalue weighted by Gasteiger charge is 2.31. The first kappa shape index (κ1) is 26.5. The fourth-order valence-corrected chi connectivity index (χ4v) is 4.08. The first-order valence-electron chi connectivity index (χ1n) is 10.8. The third-order valence-electron chi connectivity index (χ3n) is 5.18. The second-order valence-electron chi connectivity index (χ2n) is 9.11. The predicted octanol–water partition coefficient (Wildman–Crippen LogP) is 2.49. The molecule has 0 aliphatic carbocycles. The van der Waals surface area contributed by atoms with Crippen molar-refractivity contribution in [3.8, 4) is 5.75 Å². The van der Waals surface area contributed by atoms with Gasteiger partial charge >= 0.3 is 0 Å². The van der Waals surface area contributed by atoms with E-state index in [4.69, 9.17) is 10.8 Å². The third-order valence-corrected chi connectivity index (χ3v) is 6.29. The van der Waals surface area contributed by atoms with Crippen molar-refractivity contribution in [2.45, 2.75) is 62.9 Å². The molecule has 1 amide bonds. The van der Waals surface area contributed by atoms with Gasteiger partial charge in [-0.15, -0.1) is 0 Å². The van der Waals surface area contributed by atoms with Crippen molar-refractivity contribution in [1.82, 2.24) is 9.80 Å². The van der Waals surface area contributed by atoms with E-state index in [1.807, 2.05) is 30.6 Å². The van der Waals surface area contributed by atoms with E-state index in [1.54, 1.807) is 0 Å². The van der Waals surface area contributed by atoms with Gasteiger partial charge in [-0.25, -0.2) is 12.8 Å². The van der Waals surface area contributed by atoms with Gasteiger partial charge in [0.2, 0.25) is 11.9 Å². The number of hydrogen-bond donors (Lipinski definition) is 2. The topological polar surface area (TPSA) is 141 Å². The Bertz CT molecular complexity index is 998. The minimum absolute atomic E-state index is 0.141. The SMILES string of the molecule is CC(C)(C)N=N/N=C(\N)N1CCC(N2CCCC2=O)CC1.CS(=O)(=O)c1ccc(O)c(F)c1. The number of nitrogens with two attached hydrogens (primary N) is 1. The van der Waals surface area contributed by atoms with Crippen LogP contribution in [0.5, 0.6) is 5.75 Å². The van der Waals surface area contributed by atoms with Crippen LogP contribution in [0.25, 0.3) is 0 Å². The number of guanidine groups is 1. The van der Waals surface area contributed by atoms with Crippen LogP contribution < -0.4 is 5.73 Å². The van der Waals surface area contributed by atoms with Gasteiger partial charge in [0.05, 0.1) is 10.4 Å². The number of amides is 1.